The van der Waals surface area contributed by atoms with E-state index >= 15 is 0 Å². The first-order valence-corrected chi connectivity index (χ1v) is 11.9. The number of aryl methyl sites for hydroxylation is 1. The first-order chi connectivity index (χ1) is 17.5. The van der Waals surface area contributed by atoms with Crippen molar-refractivity contribution < 1.29 is 14.3 Å². The molecule has 0 unspecified atom stereocenters. The molecule has 0 fully saturated rings. The van der Waals surface area contributed by atoms with E-state index in [2.05, 4.69) is 64.0 Å². The van der Waals surface area contributed by atoms with Crippen molar-refractivity contribution in [3.63, 3.8) is 0 Å². The number of aromatic nitrogens is 3. The molecule has 0 bridgehead atoms. The van der Waals surface area contributed by atoms with E-state index in [0.717, 1.165) is 17.5 Å². The fourth-order valence-electron chi connectivity index (χ4n) is 4.55. The molecule has 0 aliphatic carbocycles. The number of carbonyl (C=O) groups is 1. The lowest BCUT2D eigenvalue weighted by Crippen LogP contribution is -2.28. The molecule has 2 atom stereocenters. The number of nitrogens with zero attached hydrogens (tertiary/aromatic N) is 3. The van der Waals surface area contributed by atoms with Crippen molar-refractivity contribution in [3.8, 4) is 11.5 Å². The number of amides is 1. The van der Waals surface area contributed by atoms with Gasteiger partial charge in [0, 0.05) is 0 Å². The van der Waals surface area contributed by atoms with Gasteiger partial charge in [-0.15, -0.1) is 5.10 Å². The van der Waals surface area contributed by atoms with Gasteiger partial charge < -0.3 is 14.8 Å². The number of carbonyl (C=O) groups excluding carboxylic acids is 1. The van der Waals surface area contributed by atoms with Gasteiger partial charge in [-0.2, -0.15) is 4.98 Å². The zero-order chi connectivity index (χ0) is 25.1. The third-order valence-corrected chi connectivity index (χ3v) is 6.42. The highest BCUT2D eigenvalue weighted by Gasteiger charge is 2.31. The van der Waals surface area contributed by atoms with Crippen LogP contribution in [-0.2, 0) is 11.2 Å². The van der Waals surface area contributed by atoms with Crippen molar-refractivity contribution in [1.82, 2.24) is 14.8 Å². The second-order valence-electron chi connectivity index (χ2n) is 8.89. The standard InChI is InChI=1S/C28H29N5O3/c1-18-9-12-20(13-10-18)22-17-23(21-7-5-4-6-8-21)33-28(29-22)31-27(32-33)30-26(34)16-19-11-14-24(35-2)25(15-19)36-3/h4-15,22-23H,16-17H2,1-3H3,(H2,29,30,31,32,34)/t22-,23-/m1/s1. The van der Waals surface area contributed by atoms with E-state index in [1.54, 1.807) is 26.4 Å². The fourth-order valence-corrected chi connectivity index (χ4v) is 4.55. The number of hydrogen-bond acceptors (Lipinski definition) is 6. The van der Waals surface area contributed by atoms with E-state index in [9.17, 15) is 4.79 Å². The molecule has 1 amide bonds. The summed E-state index contributed by atoms with van der Waals surface area (Å²) < 4.78 is 12.5. The summed E-state index contributed by atoms with van der Waals surface area (Å²) in [6.07, 6.45) is 0.966. The third-order valence-electron chi connectivity index (χ3n) is 6.42. The van der Waals surface area contributed by atoms with Gasteiger partial charge in [-0.05, 0) is 42.2 Å². The van der Waals surface area contributed by atoms with E-state index in [1.807, 2.05) is 28.9 Å². The minimum absolute atomic E-state index is 0.0160. The van der Waals surface area contributed by atoms with Gasteiger partial charge in [-0.1, -0.05) is 66.2 Å². The molecule has 1 aliphatic heterocycles. The van der Waals surface area contributed by atoms with Crippen molar-refractivity contribution in [2.24, 2.45) is 0 Å². The molecule has 36 heavy (non-hydrogen) atoms. The summed E-state index contributed by atoms with van der Waals surface area (Å²) >= 11 is 0. The van der Waals surface area contributed by atoms with E-state index in [4.69, 9.17) is 9.47 Å². The molecular weight excluding hydrogens is 454 g/mol. The number of hydrogen-bond donors (Lipinski definition) is 2. The van der Waals surface area contributed by atoms with Gasteiger partial charge in [0.25, 0.3) is 5.95 Å². The average Bonchev–Trinajstić information content (AvgIpc) is 3.31. The quantitative estimate of drug-likeness (QED) is 0.387. The average molecular weight is 484 g/mol. The van der Waals surface area contributed by atoms with E-state index in [-0.39, 0.29) is 30.4 Å². The normalized spacial score (nSPS) is 16.5. The Morgan fingerprint density at radius 2 is 1.75 bits per heavy atom. The van der Waals surface area contributed by atoms with Gasteiger partial charge in [0.05, 0.1) is 32.7 Å². The first-order valence-electron chi connectivity index (χ1n) is 11.9. The largest absolute Gasteiger partial charge is 0.493 e. The molecule has 8 nitrogen and oxygen atoms in total. The van der Waals surface area contributed by atoms with Crippen LogP contribution in [-0.4, -0.2) is 34.9 Å². The van der Waals surface area contributed by atoms with Gasteiger partial charge in [0.1, 0.15) is 0 Å². The Balaban J connectivity index is 1.38. The smallest absolute Gasteiger partial charge is 0.250 e. The lowest BCUT2D eigenvalue weighted by atomic mass is 9.93. The van der Waals surface area contributed by atoms with Gasteiger partial charge in [-0.25, -0.2) is 4.68 Å². The molecule has 4 aromatic rings. The molecular formula is C28H29N5O3. The number of ether oxygens (including phenoxy) is 2. The Bertz CT molecular complexity index is 1350. The maximum Gasteiger partial charge on any atom is 0.250 e. The third kappa shape index (κ3) is 4.88. The number of nitrogens with one attached hydrogen (secondary N) is 2. The maximum absolute atomic E-state index is 12.8. The van der Waals surface area contributed by atoms with Crippen molar-refractivity contribution in [3.05, 3.63) is 95.1 Å². The zero-order valence-electron chi connectivity index (χ0n) is 20.6. The fraction of sp³-hybridized carbons (Fsp3) is 0.250. The molecule has 0 saturated heterocycles. The summed E-state index contributed by atoms with van der Waals surface area (Å²) in [6, 6.07) is 24.3. The second-order valence-corrected chi connectivity index (χ2v) is 8.89. The van der Waals surface area contributed by atoms with Crippen LogP contribution in [0.5, 0.6) is 11.5 Å². The van der Waals surface area contributed by atoms with Crippen molar-refractivity contribution in [2.75, 3.05) is 24.9 Å². The SMILES string of the molecule is COc1ccc(CC(=O)Nc2nc3n(n2)[C@@H](c2ccccc2)C[C@H](c2ccc(C)cc2)N3)cc1OC. The second kappa shape index (κ2) is 10.1. The number of benzene rings is 3. The van der Waals surface area contributed by atoms with Crippen LogP contribution in [0, 0.1) is 6.92 Å². The highest BCUT2D eigenvalue weighted by atomic mass is 16.5. The Morgan fingerprint density at radius 1 is 1.00 bits per heavy atom. The van der Waals surface area contributed by atoms with E-state index < -0.39 is 0 Å². The zero-order valence-corrected chi connectivity index (χ0v) is 20.6. The minimum atomic E-state index is -0.212. The van der Waals surface area contributed by atoms with Crippen LogP contribution < -0.4 is 20.1 Å². The molecule has 1 aliphatic rings. The topological polar surface area (TPSA) is 90.3 Å². The van der Waals surface area contributed by atoms with E-state index in [1.165, 1.54) is 11.1 Å². The molecule has 1 aromatic heterocycles. The predicted molar refractivity (Wildman–Crippen MR) is 139 cm³/mol. The summed E-state index contributed by atoms with van der Waals surface area (Å²) in [4.78, 5) is 17.5. The molecule has 2 heterocycles. The van der Waals surface area contributed by atoms with Gasteiger partial charge in [0.2, 0.25) is 11.9 Å². The van der Waals surface area contributed by atoms with Crippen LogP contribution in [0.4, 0.5) is 11.9 Å². The number of methoxy groups -OCH3 is 2. The van der Waals surface area contributed by atoms with Gasteiger partial charge in [-0.3, -0.25) is 10.1 Å². The summed E-state index contributed by atoms with van der Waals surface area (Å²) in [6.45, 7) is 2.08. The van der Waals surface area contributed by atoms with Crippen molar-refractivity contribution in [2.45, 2.75) is 31.8 Å². The highest BCUT2D eigenvalue weighted by Crippen LogP contribution is 2.38. The lowest BCUT2D eigenvalue weighted by Gasteiger charge is -2.31. The van der Waals surface area contributed by atoms with E-state index in [0.29, 0.717) is 17.4 Å². The summed E-state index contributed by atoms with van der Waals surface area (Å²) in [5.41, 5.74) is 4.35. The number of rotatable bonds is 7. The molecule has 0 saturated carbocycles. The maximum atomic E-state index is 12.8. The predicted octanol–water partition coefficient (Wildman–Crippen LogP) is 4.93. The van der Waals surface area contributed by atoms with Crippen molar-refractivity contribution >= 4 is 17.8 Å². The monoisotopic (exact) mass is 483 g/mol. The highest BCUT2D eigenvalue weighted by molar-refractivity contribution is 5.90. The van der Waals surface area contributed by atoms with Crippen LogP contribution in [0.1, 0.15) is 40.8 Å². The Labute approximate surface area is 210 Å². The first kappa shape index (κ1) is 23.4. The van der Waals surface area contributed by atoms with Crippen LogP contribution in [0.3, 0.4) is 0 Å². The molecule has 8 heteroatoms. The molecule has 0 radical (unpaired) electrons. The van der Waals surface area contributed by atoms with Gasteiger partial charge in [0.15, 0.2) is 11.5 Å². The van der Waals surface area contributed by atoms with Crippen LogP contribution >= 0.6 is 0 Å². The molecule has 5 rings (SSSR count). The van der Waals surface area contributed by atoms with Crippen LogP contribution in [0.2, 0.25) is 0 Å². The summed E-state index contributed by atoms with van der Waals surface area (Å²) in [5.74, 6) is 1.88. The van der Waals surface area contributed by atoms with Gasteiger partial charge >= 0.3 is 0 Å². The molecule has 3 aromatic carbocycles. The Kier molecular flexibility index (Phi) is 6.58. The molecule has 184 valence electrons. The van der Waals surface area contributed by atoms with Crippen LogP contribution in [0.25, 0.3) is 0 Å². The minimum Gasteiger partial charge on any atom is -0.493 e. The van der Waals surface area contributed by atoms with Crippen molar-refractivity contribution in [1.29, 1.82) is 0 Å². The molecule has 2 N–H and O–H groups in total. The summed E-state index contributed by atoms with van der Waals surface area (Å²) in [7, 11) is 3.15. The Morgan fingerprint density at radius 3 is 2.47 bits per heavy atom. The number of fused-ring (bicyclic) bond motifs is 1. The van der Waals surface area contributed by atoms with Crippen LogP contribution in [0.15, 0.2) is 72.8 Å². The lowest BCUT2D eigenvalue weighted by molar-refractivity contribution is -0.115. The molecule has 0 spiro atoms. The number of anilines is 2. The Hall–Kier alpha value is -4.33. The summed E-state index contributed by atoms with van der Waals surface area (Å²) in [5, 5.41) is 11.0.